The van der Waals surface area contributed by atoms with Gasteiger partial charge in [-0.2, -0.15) is 0 Å². The highest BCUT2D eigenvalue weighted by Crippen LogP contribution is 1.93. The van der Waals surface area contributed by atoms with Gasteiger partial charge in [0.25, 0.3) is 0 Å². The quantitative estimate of drug-likeness (QED) is 0.578. The standard InChI is InChI=1S/C11H25NO2/c1-10(2)9-14-8-7-13-6-5-11(3)12-4/h10-12H,5-9H2,1-4H3. The molecule has 86 valence electrons. The van der Waals surface area contributed by atoms with Gasteiger partial charge in [-0.05, 0) is 26.3 Å². The van der Waals surface area contributed by atoms with Gasteiger partial charge in [0.05, 0.1) is 13.2 Å². The van der Waals surface area contributed by atoms with E-state index in [-0.39, 0.29) is 0 Å². The molecule has 0 bridgehead atoms. The van der Waals surface area contributed by atoms with Gasteiger partial charge in [-0.1, -0.05) is 13.8 Å². The van der Waals surface area contributed by atoms with Gasteiger partial charge in [0.2, 0.25) is 0 Å². The molecular formula is C11H25NO2. The molecule has 3 heteroatoms. The van der Waals surface area contributed by atoms with Crippen LogP contribution in [0.4, 0.5) is 0 Å². The maximum atomic E-state index is 5.42. The molecule has 0 radical (unpaired) electrons. The highest BCUT2D eigenvalue weighted by Gasteiger charge is 1.97. The van der Waals surface area contributed by atoms with E-state index in [1.165, 1.54) is 0 Å². The molecule has 0 aromatic carbocycles. The summed E-state index contributed by atoms with van der Waals surface area (Å²) in [6.07, 6.45) is 1.06. The van der Waals surface area contributed by atoms with E-state index in [4.69, 9.17) is 9.47 Å². The number of rotatable bonds is 9. The zero-order valence-corrected chi connectivity index (χ0v) is 10.0. The SMILES string of the molecule is CNC(C)CCOCCOCC(C)C. The van der Waals surface area contributed by atoms with Crippen molar-refractivity contribution in [3.8, 4) is 0 Å². The number of hydrogen-bond donors (Lipinski definition) is 1. The van der Waals surface area contributed by atoms with Crippen molar-refractivity contribution >= 4 is 0 Å². The molecule has 0 aromatic rings. The Balaban J connectivity index is 2.99. The lowest BCUT2D eigenvalue weighted by Gasteiger charge is -2.10. The minimum Gasteiger partial charge on any atom is -0.379 e. The third-order valence-electron chi connectivity index (χ3n) is 2.01. The van der Waals surface area contributed by atoms with Crippen molar-refractivity contribution in [2.75, 3.05) is 33.5 Å². The average Bonchev–Trinajstić information content (AvgIpc) is 2.15. The van der Waals surface area contributed by atoms with Gasteiger partial charge in [0.1, 0.15) is 0 Å². The van der Waals surface area contributed by atoms with Crippen LogP contribution in [-0.2, 0) is 9.47 Å². The van der Waals surface area contributed by atoms with Gasteiger partial charge in [0.15, 0.2) is 0 Å². The third kappa shape index (κ3) is 9.96. The zero-order chi connectivity index (χ0) is 10.8. The Morgan fingerprint density at radius 2 is 1.64 bits per heavy atom. The summed E-state index contributed by atoms with van der Waals surface area (Å²) in [7, 11) is 1.97. The molecule has 1 atom stereocenters. The predicted molar refractivity (Wildman–Crippen MR) is 59.6 cm³/mol. The fourth-order valence-corrected chi connectivity index (χ4v) is 0.943. The van der Waals surface area contributed by atoms with Crippen LogP contribution in [0.3, 0.4) is 0 Å². The summed E-state index contributed by atoms with van der Waals surface area (Å²) < 4.78 is 10.8. The van der Waals surface area contributed by atoms with Crippen LogP contribution < -0.4 is 5.32 Å². The molecule has 0 saturated heterocycles. The first-order chi connectivity index (χ1) is 6.66. The first-order valence-corrected chi connectivity index (χ1v) is 5.49. The summed E-state index contributed by atoms with van der Waals surface area (Å²) in [6.45, 7) is 9.52. The van der Waals surface area contributed by atoms with E-state index in [2.05, 4.69) is 26.1 Å². The molecule has 0 aliphatic carbocycles. The van der Waals surface area contributed by atoms with Crippen molar-refractivity contribution in [3.05, 3.63) is 0 Å². The van der Waals surface area contributed by atoms with Crippen LogP contribution in [0, 0.1) is 5.92 Å². The van der Waals surface area contributed by atoms with Gasteiger partial charge in [-0.3, -0.25) is 0 Å². The van der Waals surface area contributed by atoms with Gasteiger partial charge < -0.3 is 14.8 Å². The van der Waals surface area contributed by atoms with Gasteiger partial charge in [0, 0.05) is 19.3 Å². The molecule has 0 amide bonds. The fourth-order valence-electron chi connectivity index (χ4n) is 0.943. The zero-order valence-electron chi connectivity index (χ0n) is 10.0. The van der Waals surface area contributed by atoms with E-state index in [9.17, 15) is 0 Å². The predicted octanol–water partition coefficient (Wildman–Crippen LogP) is 1.67. The maximum Gasteiger partial charge on any atom is 0.0700 e. The lowest BCUT2D eigenvalue weighted by Crippen LogP contribution is -2.23. The van der Waals surface area contributed by atoms with Gasteiger partial charge in [-0.25, -0.2) is 0 Å². The molecule has 1 N–H and O–H groups in total. The molecule has 0 saturated carbocycles. The van der Waals surface area contributed by atoms with Crippen molar-refractivity contribution in [2.24, 2.45) is 5.92 Å². The highest BCUT2D eigenvalue weighted by atomic mass is 16.5. The van der Waals surface area contributed by atoms with Crippen molar-refractivity contribution in [2.45, 2.75) is 33.2 Å². The molecule has 3 nitrogen and oxygen atoms in total. The lowest BCUT2D eigenvalue weighted by molar-refractivity contribution is 0.0355. The minimum absolute atomic E-state index is 0.534. The van der Waals surface area contributed by atoms with E-state index in [1.807, 2.05) is 7.05 Å². The second-order valence-corrected chi connectivity index (χ2v) is 4.06. The van der Waals surface area contributed by atoms with Crippen LogP contribution in [0.15, 0.2) is 0 Å². The lowest BCUT2D eigenvalue weighted by atomic mass is 10.2. The number of hydrogen-bond acceptors (Lipinski definition) is 3. The summed E-state index contributed by atoms with van der Waals surface area (Å²) >= 11 is 0. The van der Waals surface area contributed by atoms with E-state index < -0.39 is 0 Å². The van der Waals surface area contributed by atoms with E-state index >= 15 is 0 Å². The first-order valence-electron chi connectivity index (χ1n) is 5.49. The summed E-state index contributed by atoms with van der Waals surface area (Å²) in [4.78, 5) is 0. The van der Waals surface area contributed by atoms with Crippen LogP contribution >= 0.6 is 0 Å². The maximum absolute atomic E-state index is 5.42. The smallest absolute Gasteiger partial charge is 0.0700 e. The molecule has 0 heterocycles. The summed E-state index contributed by atoms with van der Waals surface area (Å²) in [5, 5.41) is 3.17. The molecule has 0 fully saturated rings. The average molecular weight is 203 g/mol. The van der Waals surface area contributed by atoms with Crippen LogP contribution in [0.2, 0.25) is 0 Å². The summed E-state index contributed by atoms with van der Waals surface area (Å²) in [6, 6.07) is 0.534. The fraction of sp³-hybridized carbons (Fsp3) is 1.00. The molecule has 0 aliphatic rings. The van der Waals surface area contributed by atoms with E-state index in [1.54, 1.807) is 0 Å². The minimum atomic E-state index is 0.534. The Morgan fingerprint density at radius 3 is 2.21 bits per heavy atom. The van der Waals surface area contributed by atoms with E-state index in [0.29, 0.717) is 25.2 Å². The third-order valence-corrected chi connectivity index (χ3v) is 2.01. The van der Waals surface area contributed by atoms with Crippen molar-refractivity contribution in [3.63, 3.8) is 0 Å². The van der Waals surface area contributed by atoms with Gasteiger partial charge in [-0.15, -0.1) is 0 Å². The van der Waals surface area contributed by atoms with Crippen LogP contribution in [0.25, 0.3) is 0 Å². The van der Waals surface area contributed by atoms with E-state index in [0.717, 1.165) is 19.6 Å². The largest absolute Gasteiger partial charge is 0.379 e. The van der Waals surface area contributed by atoms with Gasteiger partial charge >= 0.3 is 0 Å². The van der Waals surface area contributed by atoms with Crippen LogP contribution in [-0.4, -0.2) is 39.5 Å². The Kier molecular flexibility index (Phi) is 9.35. The summed E-state index contributed by atoms with van der Waals surface area (Å²) in [5.74, 6) is 0.610. The molecule has 0 aliphatic heterocycles. The number of ether oxygens (including phenoxy) is 2. The first kappa shape index (κ1) is 13.9. The molecular weight excluding hydrogens is 178 g/mol. The van der Waals surface area contributed by atoms with Crippen LogP contribution in [0.1, 0.15) is 27.2 Å². The molecule has 0 aromatic heterocycles. The summed E-state index contributed by atoms with van der Waals surface area (Å²) in [5.41, 5.74) is 0. The topological polar surface area (TPSA) is 30.5 Å². The molecule has 0 rings (SSSR count). The van der Waals surface area contributed by atoms with Crippen molar-refractivity contribution < 1.29 is 9.47 Å². The second-order valence-electron chi connectivity index (χ2n) is 4.06. The molecule has 0 spiro atoms. The Morgan fingerprint density at radius 1 is 1.00 bits per heavy atom. The highest BCUT2D eigenvalue weighted by molar-refractivity contribution is 4.54. The monoisotopic (exact) mass is 203 g/mol. The Hall–Kier alpha value is -0.120. The second kappa shape index (κ2) is 9.44. The van der Waals surface area contributed by atoms with Crippen molar-refractivity contribution in [1.82, 2.24) is 5.32 Å². The normalized spacial score (nSPS) is 13.5. The van der Waals surface area contributed by atoms with Crippen molar-refractivity contribution in [1.29, 1.82) is 0 Å². The molecule has 1 unspecified atom stereocenters. The number of nitrogens with one attached hydrogen (secondary N) is 1. The Bertz CT molecular complexity index is 118. The van der Waals surface area contributed by atoms with Crippen LogP contribution in [0.5, 0.6) is 0 Å². The molecule has 14 heavy (non-hydrogen) atoms. The Labute approximate surface area is 88.2 Å².